The molecule has 0 spiro atoms. The van der Waals surface area contributed by atoms with Gasteiger partial charge in [-0.15, -0.1) is 0 Å². The highest BCUT2D eigenvalue weighted by Gasteiger charge is 2.45. The number of carbonyl (C=O) groups excluding carboxylic acids is 2. The van der Waals surface area contributed by atoms with E-state index in [0.29, 0.717) is 6.42 Å². The van der Waals surface area contributed by atoms with Crippen LogP contribution in [0.5, 0.6) is 0 Å². The summed E-state index contributed by atoms with van der Waals surface area (Å²) < 4.78 is 10.6. The molecule has 0 radical (unpaired) electrons. The van der Waals surface area contributed by atoms with E-state index in [1.54, 1.807) is 6.92 Å². The average Bonchev–Trinajstić information content (AvgIpc) is 2.78. The molecule has 8 heteroatoms. The third kappa shape index (κ3) is 10.7. The van der Waals surface area contributed by atoms with E-state index in [0.717, 1.165) is 51.4 Å². The van der Waals surface area contributed by atoms with Crippen molar-refractivity contribution in [3.05, 3.63) is 12.2 Å². The summed E-state index contributed by atoms with van der Waals surface area (Å²) in [6, 6.07) is 0. The Morgan fingerprint density at radius 3 is 1.47 bits per heavy atom. The van der Waals surface area contributed by atoms with Gasteiger partial charge in [0.15, 0.2) is 5.41 Å². The Bertz CT molecular complexity index is 637. The molecule has 0 aromatic carbocycles. The quantitative estimate of drug-likeness (QED) is 0.244. The minimum atomic E-state index is -1.59. The predicted octanol–water partition coefficient (Wildman–Crippen LogP) is 5.28. The summed E-state index contributed by atoms with van der Waals surface area (Å²) in [5, 5.41) is 18.0. The second-order valence-corrected chi connectivity index (χ2v) is 9.77. The van der Waals surface area contributed by atoms with Crippen LogP contribution in [0.1, 0.15) is 104 Å². The van der Waals surface area contributed by atoms with Crippen LogP contribution in [0, 0.1) is 11.3 Å². The Balaban J connectivity index is 0.000000365. The number of aliphatic carboxylic acids is 2. The number of carbonyl (C=O) groups is 4. The van der Waals surface area contributed by atoms with E-state index < -0.39 is 29.3 Å². The third-order valence-corrected chi connectivity index (χ3v) is 6.28. The van der Waals surface area contributed by atoms with Gasteiger partial charge in [-0.05, 0) is 70.1 Å². The summed E-state index contributed by atoms with van der Waals surface area (Å²) in [4.78, 5) is 45.2. The first kappa shape index (κ1) is 29.7. The second-order valence-electron chi connectivity index (χ2n) is 9.77. The zero-order chi connectivity index (χ0) is 25.6. The van der Waals surface area contributed by atoms with Crippen molar-refractivity contribution in [3.63, 3.8) is 0 Å². The number of carboxylic acids is 2. The van der Waals surface area contributed by atoms with Crippen LogP contribution in [-0.2, 0) is 28.7 Å². The van der Waals surface area contributed by atoms with Gasteiger partial charge in [0.2, 0.25) is 0 Å². The second kappa shape index (κ2) is 15.5. The normalized spacial score (nSPS) is 17.6. The van der Waals surface area contributed by atoms with Crippen molar-refractivity contribution in [3.8, 4) is 0 Å². The standard InChI is InChI=1S/C16H24O4.C10H18O4/c17-15(19-13-7-3-1-4-8-13)11-12-16(18)20-14-9-5-2-6-10-14;1-4-5-10(8(11)12,9(13)14)6-7(2)3/h11-14H,1-10H2;7H,4-6H2,1-3H3,(H,11,12)(H,13,14)/b12-11-;. The molecule has 0 amide bonds. The number of carboxylic acid groups (broad SMARTS) is 2. The maximum absolute atomic E-state index is 11.6. The summed E-state index contributed by atoms with van der Waals surface area (Å²) in [7, 11) is 0. The van der Waals surface area contributed by atoms with Crippen molar-refractivity contribution in [1.29, 1.82) is 0 Å². The van der Waals surface area contributed by atoms with E-state index in [9.17, 15) is 19.2 Å². The van der Waals surface area contributed by atoms with Gasteiger partial charge in [0.1, 0.15) is 12.2 Å². The molecule has 0 unspecified atom stereocenters. The molecule has 2 N–H and O–H groups in total. The number of hydrogen-bond donors (Lipinski definition) is 2. The van der Waals surface area contributed by atoms with E-state index in [2.05, 4.69) is 0 Å². The topological polar surface area (TPSA) is 127 Å². The smallest absolute Gasteiger partial charge is 0.331 e. The summed E-state index contributed by atoms with van der Waals surface area (Å²) in [6.07, 6.45) is 14.0. The van der Waals surface area contributed by atoms with Crippen molar-refractivity contribution in [2.75, 3.05) is 0 Å². The van der Waals surface area contributed by atoms with Crippen LogP contribution < -0.4 is 0 Å². The molecule has 194 valence electrons. The lowest BCUT2D eigenvalue weighted by molar-refractivity contribution is -0.166. The number of rotatable bonds is 10. The zero-order valence-electron chi connectivity index (χ0n) is 20.9. The zero-order valence-corrected chi connectivity index (χ0v) is 20.9. The average molecular weight is 483 g/mol. The van der Waals surface area contributed by atoms with Crippen LogP contribution in [0.4, 0.5) is 0 Å². The Morgan fingerprint density at radius 2 is 1.18 bits per heavy atom. The van der Waals surface area contributed by atoms with Crippen LogP contribution in [0.15, 0.2) is 12.2 Å². The summed E-state index contributed by atoms with van der Waals surface area (Å²) in [5.74, 6) is -3.25. The Morgan fingerprint density at radius 1 is 0.794 bits per heavy atom. The molecule has 2 aliphatic rings. The minimum absolute atomic E-state index is 0.0234. The van der Waals surface area contributed by atoms with Gasteiger partial charge in [0.25, 0.3) is 0 Å². The first-order chi connectivity index (χ1) is 16.1. The molecular weight excluding hydrogens is 440 g/mol. The summed E-state index contributed by atoms with van der Waals surface area (Å²) >= 11 is 0. The van der Waals surface area contributed by atoms with E-state index in [4.69, 9.17) is 19.7 Å². The van der Waals surface area contributed by atoms with Gasteiger partial charge >= 0.3 is 23.9 Å². The van der Waals surface area contributed by atoms with Gasteiger partial charge in [0, 0.05) is 12.2 Å². The van der Waals surface area contributed by atoms with E-state index in [1.165, 1.54) is 25.0 Å². The summed E-state index contributed by atoms with van der Waals surface area (Å²) in [5.41, 5.74) is -1.59. The molecule has 2 fully saturated rings. The molecule has 0 saturated heterocycles. The first-order valence-electron chi connectivity index (χ1n) is 12.7. The molecule has 0 aliphatic heterocycles. The predicted molar refractivity (Wildman–Crippen MR) is 127 cm³/mol. The fourth-order valence-corrected chi connectivity index (χ4v) is 4.61. The van der Waals surface area contributed by atoms with E-state index in [1.807, 2.05) is 13.8 Å². The molecule has 2 aliphatic carbocycles. The van der Waals surface area contributed by atoms with Crippen LogP contribution in [0.2, 0.25) is 0 Å². The maximum atomic E-state index is 11.6. The van der Waals surface area contributed by atoms with Crippen molar-refractivity contribution in [2.24, 2.45) is 11.3 Å². The largest absolute Gasteiger partial charge is 0.480 e. The van der Waals surface area contributed by atoms with Crippen molar-refractivity contribution >= 4 is 23.9 Å². The van der Waals surface area contributed by atoms with E-state index in [-0.39, 0.29) is 31.0 Å². The van der Waals surface area contributed by atoms with Crippen molar-refractivity contribution in [1.82, 2.24) is 0 Å². The van der Waals surface area contributed by atoms with Gasteiger partial charge in [-0.25, -0.2) is 9.59 Å². The molecule has 0 bridgehead atoms. The monoisotopic (exact) mass is 482 g/mol. The van der Waals surface area contributed by atoms with Crippen LogP contribution in [-0.4, -0.2) is 46.3 Å². The van der Waals surface area contributed by atoms with Gasteiger partial charge in [-0.3, -0.25) is 9.59 Å². The molecule has 34 heavy (non-hydrogen) atoms. The van der Waals surface area contributed by atoms with Crippen LogP contribution in [0.25, 0.3) is 0 Å². The Labute approximate surface area is 203 Å². The van der Waals surface area contributed by atoms with Gasteiger partial charge in [0.05, 0.1) is 0 Å². The molecule has 0 aromatic heterocycles. The molecule has 2 saturated carbocycles. The van der Waals surface area contributed by atoms with Crippen LogP contribution in [0.3, 0.4) is 0 Å². The number of ether oxygens (including phenoxy) is 2. The maximum Gasteiger partial charge on any atom is 0.331 e. The third-order valence-electron chi connectivity index (χ3n) is 6.28. The first-order valence-corrected chi connectivity index (χ1v) is 12.7. The molecule has 2 rings (SSSR count). The van der Waals surface area contributed by atoms with E-state index >= 15 is 0 Å². The van der Waals surface area contributed by atoms with Gasteiger partial charge < -0.3 is 19.7 Å². The highest BCUT2D eigenvalue weighted by atomic mass is 16.5. The number of esters is 2. The van der Waals surface area contributed by atoms with Crippen molar-refractivity contribution in [2.45, 2.75) is 116 Å². The summed E-state index contributed by atoms with van der Waals surface area (Å²) in [6.45, 7) is 5.45. The number of hydrogen-bond acceptors (Lipinski definition) is 6. The SMILES string of the molecule is CCCC(CC(C)C)(C(=O)O)C(=O)O.O=C(/C=C\C(=O)OC1CCCCC1)OC1CCCCC1. The fraction of sp³-hybridized carbons (Fsp3) is 0.769. The molecule has 0 aromatic rings. The van der Waals surface area contributed by atoms with Crippen molar-refractivity contribution < 1.29 is 38.9 Å². The molecule has 0 heterocycles. The van der Waals surface area contributed by atoms with Gasteiger partial charge in [-0.1, -0.05) is 40.0 Å². The lowest BCUT2D eigenvalue weighted by Gasteiger charge is -2.25. The highest BCUT2D eigenvalue weighted by molar-refractivity contribution is 5.98. The molecular formula is C26H42O8. The van der Waals surface area contributed by atoms with Crippen LogP contribution >= 0.6 is 0 Å². The highest BCUT2D eigenvalue weighted by Crippen LogP contribution is 2.32. The fourth-order valence-electron chi connectivity index (χ4n) is 4.61. The minimum Gasteiger partial charge on any atom is -0.480 e. The lowest BCUT2D eigenvalue weighted by Crippen LogP contribution is -2.40. The Hall–Kier alpha value is -2.38. The lowest BCUT2D eigenvalue weighted by atomic mass is 9.76. The molecule has 0 atom stereocenters. The molecule has 8 nitrogen and oxygen atoms in total. The Kier molecular flexibility index (Phi) is 13.5. The van der Waals surface area contributed by atoms with Gasteiger partial charge in [-0.2, -0.15) is 0 Å².